The third-order valence-electron chi connectivity index (χ3n) is 6.88. The van der Waals surface area contributed by atoms with Gasteiger partial charge >= 0.3 is 5.97 Å². The van der Waals surface area contributed by atoms with Crippen LogP contribution >= 0.6 is 10.0 Å². The van der Waals surface area contributed by atoms with Gasteiger partial charge in [-0.1, -0.05) is 12.2 Å². The van der Waals surface area contributed by atoms with Crippen LogP contribution in [0.1, 0.15) is 21.5 Å². The van der Waals surface area contributed by atoms with E-state index in [2.05, 4.69) is 71.2 Å². The van der Waals surface area contributed by atoms with Gasteiger partial charge in [0.15, 0.2) is 0 Å². The molecule has 0 amide bonds. The van der Waals surface area contributed by atoms with E-state index in [0.717, 1.165) is 33.9 Å². The summed E-state index contributed by atoms with van der Waals surface area (Å²) in [5, 5.41) is 10.2. The molecule has 1 aliphatic heterocycles. The number of benzene rings is 2. The predicted molar refractivity (Wildman–Crippen MR) is 167 cm³/mol. The topological polar surface area (TPSA) is 78.8 Å². The van der Waals surface area contributed by atoms with Crippen molar-refractivity contribution in [1.29, 1.82) is 0 Å². The first-order valence-electron chi connectivity index (χ1n) is 12.7. The molecule has 0 unspecified atom stereocenters. The summed E-state index contributed by atoms with van der Waals surface area (Å²) in [5.41, 5.74) is 10.6. The number of carbonyl (C=O) groups is 1. The van der Waals surface area contributed by atoms with E-state index in [1.54, 1.807) is 13.2 Å². The molecule has 4 rings (SSSR count). The molecule has 1 aliphatic carbocycles. The highest BCUT2D eigenvalue weighted by atomic mass is 32.3. The number of rotatable bonds is 8. The van der Waals surface area contributed by atoms with Crippen molar-refractivity contribution in [2.75, 3.05) is 58.8 Å². The van der Waals surface area contributed by atoms with Gasteiger partial charge in [0.05, 0.1) is 12.7 Å². The van der Waals surface area contributed by atoms with Crippen LogP contribution < -0.4 is 15.4 Å². The van der Waals surface area contributed by atoms with E-state index < -0.39 is 16.0 Å². The molecule has 0 saturated carbocycles. The standard InChI is InChI=1S/C31H34N2O3S.CH5N/c1-8-16-33(17-9-2)22-11-13-24(31(34)35)27(18-22)30-25-14-10-21(32(3)4)19-28(25)37(6,7)29-20-23(36-5)12-15-26(29)30;1-2/h8-15,18-20H,1-2,16-17H2,3-7H3;2H2,1H3/p+1. The van der Waals surface area contributed by atoms with Crippen molar-refractivity contribution in [2.24, 2.45) is 5.73 Å². The second-order valence-electron chi connectivity index (χ2n) is 9.66. The average Bonchev–Trinajstić information content (AvgIpc) is 2.93. The van der Waals surface area contributed by atoms with Crippen molar-refractivity contribution in [3.63, 3.8) is 0 Å². The molecule has 39 heavy (non-hydrogen) atoms. The highest BCUT2D eigenvalue weighted by Crippen LogP contribution is 2.66. The van der Waals surface area contributed by atoms with Gasteiger partial charge in [-0.15, -0.1) is 13.2 Å². The number of methoxy groups -OCH3 is 1. The molecular formula is C32H40N3O3S+. The number of anilines is 1. The van der Waals surface area contributed by atoms with Gasteiger partial charge in [-0.05, 0) is 84.3 Å². The van der Waals surface area contributed by atoms with E-state index in [-0.39, 0.29) is 5.56 Å². The number of allylic oxidation sites excluding steroid dienone is 4. The molecule has 2 aromatic rings. The smallest absolute Gasteiger partial charge is 0.336 e. The normalized spacial score (nSPS) is 15.6. The molecule has 0 saturated heterocycles. The highest BCUT2D eigenvalue weighted by molar-refractivity contribution is 8.36. The fourth-order valence-corrected chi connectivity index (χ4v) is 7.45. The number of nitrogens with zero attached hydrogens (tertiary/aromatic N) is 2. The van der Waals surface area contributed by atoms with Gasteiger partial charge in [0, 0.05) is 40.7 Å². The van der Waals surface area contributed by atoms with Crippen LogP contribution in [0.4, 0.5) is 5.69 Å². The molecule has 0 atom stereocenters. The molecule has 6 nitrogen and oxygen atoms in total. The number of aromatic carboxylic acids is 1. The molecule has 2 aliphatic rings. The van der Waals surface area contributed by atoms with E-state index in [9.17, 15) is 9.90 Å². The zero-order valence-corrected chi connectivity index (χ0v) is 24.6. The van der Waals surface area contributed by atoms with Crippen LogP contribution in [-0.4, -0.2) is 75.2 Å². The van der Waals surface area contributed by atoms with E-state index >= 15 is 0 Å². The molecule has 7 heteroatoms. The van der Waals surface area contributed by atoms with Gasteiger partial charge in [0.25, 0.3) is 0 Å². The lowest BCUT2D eigenvalue weighted by atomic mass is 9.87. The number of carboxylic acid groups (broad SMARTS) is 1. The minimum Gasteiger partial charge on any atom is -0.497 e. The fourth-order valence-electron chi connectivity index (χ4n) is 4.95. The lowest BCUT2D eigenvalue weighted by Gasteiger charge is -2.43. The van der Waals surface area contributed by atoms with Gasteiger partial charge in [-0.2, -0.15) is 10.0 Å². The maximum atomic E-state index is 12.5. The molecule has 206 valence electrons. The Morgan fingerprint density at radius 1 is 1.05 bits per heavy atom. The minimum absolute atomic E-state index is 0.273. The van der Waals surface area contributed by atoms with Crippen LogP contribution in [0.5, 0.6) is 5.75 Å². The summed E-state index contributed by atoms with van der Waals surface area (Å²) in [6, 6.07) is 11.7. The maximum absolute atomic E-state index is 12.5. The van der Waals surface area contributed by atoms with Crippen LogP contribution in [0, 0.1) is 0 Å². The lowest BCUT2D eigenvalue weighted by molar-refractivity contribution is -0.462. The van der Waals surface area contributed by atoms with Crippen molar-refractivity contribution in [2.45, 2.75) is 4.90 Å². The SMILES string of the molecule is C=CCN(CC=C)c1ccc(C(=O)O)c(C2=C3C=CC(=[N+](C)C)C=C3S(C)(C)c3cc(OC)ccc32)c1.CN. The Morgan fingerprint density at radius 3 is 2.28 bits per heavy atom. The van der Waals surface area contributed by atoms with Crippen molar-refractivity contribution >= 4 is 33.0 Å². The minimum atomic E-state index is -1.42. The fraction of sp³-hybridized carbons (Fsp3) is 0.250. The van der Waals surface area contributed by atoms with Crippen molar-refractivity contribution in [3.05, 3.63) is 107 Å². The molecule has 0 radical (unpaired) electrons. The Morgan fingerprint density at radius 2 is 1.72 bits per heavy atom. The zero-order chi connectivity index (χ0) is 28.9. The maximum Gasteiger partial charge on any atom is 0.336 e. The molecular weight excluding hydrogens is 506 g/mol. The summed E-state index contributed by atoms with van der Waals surface area (Å²) in [6.07, 6.45) is 14.8. The summed E-state index contributed by atoms with van der Waals surface area (Å²) < 4.78 is 7.71. The number of nitrogens with two attached hydrogens (primary N) is 1. The van der Waals surface area contributed by atoms with Crippen LogP contribution in [-0.2, 0) is 0 Å². The molecule has 0 spiro atoms. The number of fused-ring (bicyclic) bond motifs is 2. The first-order chi connectivity index (χ1) is 18.6. The number of hydrogen-bond donors (Lipinski definition) is 2. The predicted octanol–water partition coefficient (Wildman–Crippen LogP) is 5.55. The van der Waals surface area contributed by atoms with E-state index in [1.165, 1.54) is 16.8 Å². The van der Waals surface area contributed by atoms with Crippen LogP contribution in [0.3, 0.4) is 0 Å². The van der Waals surface area contributed by atoms with E-state index in [0.29, 0.717) is 18.7 Å². The second-order valence-corrected chi connectivity index (χ2v) is 13.2. The van der Waals surface area contributed by atoms with Crippen LogP contribution in [0.15, 0.2) is 95.3 Å². The average molecular weight is 547 g/mol. The summed E-state index contributed by atoms with van der Waals surface area (Å²) in [5.74, 6) is -0.159. The third-order valence-corrected chi connectivity index (χ3v) is 9.75. The summed E-state index contributed by atoms with van der Waals surface area (Å²) in [6.45, 7) is 9.04. The van der Waals surface area contributed by atoms with E-state index in [1.807, 2.05) is 44.4 Å². The lowest BCUT2D eigenvalue weighted by Crippen LogP contribution is -2.24. The van der Waals surface area contributed by atoms with Crippen molar-refractivity contribution < 1.29 is 19.2 Å². The van der Waals surface area contributed by atoms with Crippen LogP contribution in [0.2, 0.25) is 0 Å². The monoisotopic (exact) mass is 546 g/mol. The molecule has 0 aromatic heterocycles. The van der Waals surface area contributed by atoms with E-state index in [4.69, 9.17) is 4.74 Å². The molecule has 0 bridgehead atoms. The van der Waals surface area contributed by atoms with Crippen LogP contribution in [0.25, 0.3) is 5.57 Å². The number of carboxylic acids is 1. The summed E-state index contributed by atoms with van der Waals surface area (Å²) in [4.78, 5) is 17.0. The van der Waals surface area contributed by atoms with Gasteiger partial charge in [0.2, 0.25) is 5.71 Å². The Hall–Kier alpha value is -3.81. The Balaban J connectivity index is 0.00000205. The second kappa shape index (κ2) is 12.4. The van der Waals surface area contributed by atoms with Crippen molar-refractivity contribution in [3.8, 4) is 5.75 Å². The number of ether oxygens (including phenoxy) is 1. The Labute approximate surface area is 234 Å². The number of hydrogen-bond acceptors (Lipinski definition) is 4. The molecule has 3 N–H and O–H groups in total. The zero-order valence-electron chi connectivity index (χ0n) is 23.8. The van der Waals surface area contributed by atoms with Gasteiger partial charge in [0.1, 0.15) is 19.8 Å². The van der Waals surface area contributed by atoms with Crippen molar-refractivity contribution in [1.82, 2.24) is 0 Å². The first-order valence-corrected chi connectivity index (χ1v) is 15.1. The third kappa shape index (κ3) is 5.65. The molecule has 1 heterocycles. The van der Waals surface area contributed by atoms with Gasteiger partial charge in [-0.3, -0.25) is 0 Å². The quantitative estimate of drug-likeness (QED) is 0.335. The molecule has 0 fully saturated rings. The summed E-state index contributed by atoms with van der Waals surface area (Å²) in [7, 11) is 5.83. The highest BCUT2D eigenvalue weighted by Gasteiger charge is 2.37. The first kappa shape index (κ1) is 29.7. The van der Waals surface area contributed by atoms with Gasteiger partial charge in [-0.25, -0.2) is 9.37 Å². The Bertz CT molecular complexity index is 1420. The largest absolute Gasteiger partial charge is 0.497 e. The summed E-state index contributed by atoms with van der Waals surface area (Å²) >= 11 is 0. The Kier molecular flexibility index (Phi) is 9.43. The van der Waals surface area contributed by atoms with Gasteiger partial charge < -0.3 is 20.5 Å². The molecule has 2 aromatic carbocycles.